The lowest BCUT2D eigenvalue weighted by atomic mass is 10.2. The number of imidazole rings is 1. The second-order valence-electron chi connectivity index (χ2n) is 8.11. The second kappa shape index (κ2) is 9.24. The molecule has 7 heteroatoms. The number of para-hydroxylation sites is 2. The SMILES string of the molecule is COc1ccc(NC(=O)N2CCN(c3nc4ccccc4n3Cc3ccccc3)CC2)cc1. The van der Waals surface area contributed by atoms with Gasteiger partial charge in [0.15, 0.2) is 0 Å². The topological polar surface area (TPSA) is 62.6 Å². The molecule has 0 unspecified atom stereocenters. The van der Waals surface area contributed by atoms with Gasteiger partial charge in [0.2, 0.25) is 5.95 Å². The first-order chi connectivity index (χ1) is 16.2. The molecule has 0 saturated carbocycles. The summed E-state index contributed by atoms with van der Waals surface area (Å²) in [7, 11) is 1.63. The lowest BCUT2D eigenvalue weighted by Crippen LogP contribution is -2.50. The van der Waals surface area contributed by atoms with Crippen LogP contribution in [0.15, 0.2) is 78.9 Å². The van der Waals surface area contributed by atoms with Crippen molar-refractivity contribution in [1.29, 1.82) is 0 Å². The van der Waals surface area contributed by atoms with Gasteiger partial charge in [0.1, 0.15) is 5.75 Å². The molecule has 0 aliphatic carbocycles. The summed E-state index contributed by atoms with van der Waals surface area (Å²) in [6.45, 7) is 3.49. The van der Waals surface area contributed by atoms with E-state index in [0.29, 0.717) is 13.1 Å². The van der Waals surface area contributed by atoms with E-state index in [1.165, 1.54) is 5.56 Å². The fourth-order valence-electron chi connectivity index (χ4n) is 4.21. The highest BCUT2D eigenvalue weighted by Gasteiger charge is 2.25. The zero-order valence-corrected chi connectivity index (χ0v) is 18.6. The van der Waals surface area contributed by atoms with Gasteiger partial charge in [0.05, 0.1) is 24.7 Å². The number of carbonyl (C=O) groups excluding carboxylic acids is 1. The summed E-state index contributed by atoms with van der Waals surface area (Å²) in [5, 5.41) is 2.98. The molecule has 2 heterocycles. The number of ether oxygens (including phenoxy) is 1. The predicted octanol–water partition coefficient (Wildman–Crippen LogP) is 4.45. The number of fused-ring (bicyclic) bond motifs is 1. The highest BCUT2D eigenvalue weighted by atomic mass is 16.5. The van der Waals surface area contributed by atoms with E-state index in [4.69, 9.17) is 9.72 Å². The van der Waals surface area contributed by atoms with Crippen LogP contribution in [-0.2, 0) is 6.54 Å². The molecule has 1 fully saturated rings. The summed E-state index contributed by atoms with van der Waals surface area (Å²) in [5.41, 5.74) is 4.10. The third-order valence-electron chi connectivity index (χ3n) is 6.01. The maximum atomic E-state index is 12.8. The van der Waals surface area contributed by atoms with Crippen molar-refractivity contribution in [3.63, 3.8) is 0 Å². The van der Waals surface area contributed by atoms with Crippen LogP contribution in [0.5, 0.6) is 5.75 Å². The molecule has 33 heavy (non-hydrogen) atoms. The van der Waals surface area contributed by atoms with Crippen molar-refractivity contribution in [3.05, 3.63) is 84.4 Å². The molecule has 0 atom stereocenters. The van der Waals surface area contributed by atoms with Gasteiger partial charge in [-0.3, -0.25) is 0 Å². The molecule has 0 spiro atoms. The van der Waals surface area contributed by atoms with Crippen molar-refractivity contribution in [2.75, 3.05) is 43.5 Å². The number of methoxy groups -OCH3 is 1. The Morgan fingerprint density at radius 1 is 0.909 bits per heavy atom. The average Bonchev–Trinajstić information content (AvgIpc) is 3.23. The number of carbonyl (C=O) groups is 1. The van der Waals surface area contributed by atoms with Gasteiger partial charge in [-0.2, -0.15) is 0 Å². The largest absolute Gasteiger partial charge is 0.497 e. The summed E-state index contributed by atoms with van der Waals surface area (Å²) in [5.74, 6) is 1.72. The Labute approximate surface area is 193 Å². The lowest BCUT2D eigenvalue weighted by Gasteiger charge is -2.35. The summed E-state index contributed by atoms with van der Waals surface area (Å²) in [6, 6.07) is 26.0. The molecule has 168 valence electrons. The van der Waals surface area contributed by atoms with Crippen LogP contribution in [0.4, 0.5) is 16.4 Å². The maximum absolute atomic E-state index is 12.8. The van der Waals surface area contributed by atoms with E-state index in [0.717, 1.165) is 48.1 Å². The van der Waals surface area contributed by atoms with Gasteiger partial charge in [-0.1, -0.05) is 42.5 Å². The van der Waals surface area contributed by atoms with Crippen molar-refractivity contribution in [2.24, 2.45) is 0 Å². The molecule has 3 aromatic carbocycles. The summed E-state index contributed by atoms with van der Waals surface area (Å²) in [6.07, 6.45) is 0. The van der Waals surface area contributed by atoms with Crippen LogP contribution in [0, 0.1) is 0 Å². The minimum absolute atomic E-state index is 0.0856. The smallest absolute Gasteiger partial charge is 0.321 e. The van der Waals surface area contributed by atoms with Crippen LogP contribution in [-0.4, -0.2) is 53.8 Å². The van der Waals surface area contributed by atoms with Gasteiger partial charge in [-0.05, 0) is 42.0 Å². The molecule has 2 amide bonds. The van der Waals surface area contributed by atoms with Crippen LogP contribution in [0.3, 0.4) is 0 Å². The molecule has 1 saturated heterocycles. The van der Waals surface area contributed by atoms with Gasteiger partial charge in [-0.15, -0.1) is 0 Å². The van der Waals surface area contributed by atoms with Gasteiger partial charge >= 0.3 is 6.03 Å². The standard InChI is InChI=1S/C26H27N5O2/c1-33-22-13-11-21(12-14-22)27-26(32)30-17-15-29(16-18-30)25-28-23-9-5-6-10-24(23)31(25)19-20-7-3-2-4-8-20/h2-14H,15-19H2,1H3,(H,27,32). The van der Waals surface area contributed by atoms with Crippen LogP contribution in [0.25, 0.3) is 11.0 Å². The first-order valence-electron chi connectivity index (χ1n) is 11.2. The molecular weight excluding hydrogens is 414 g/mol. The van der Waals surface area contributed by atoms with Gasteiger partial charge in [0, 0.05) is 31.9 Å². The fourth-order valence-corrected chi connectivity index (χ4v) is 4.21. The summed E-state index contributed by atoms with van der Waals surface area (Å²) < 4.78 is 7.45. The van der Waals surface area contributed by atoms with Gasteiger partial charge in [0.25, 0.3) is 0 Å². The van der Waals surface area contributed by atoms with E-state index in [-0.39, 0.29) is 6.03 Å². The van der Waals surface area contributed by atoms with Crippen molar-refractivity contribution in [1.82, 2.24) is 14.5 Å². The molecular formula is C26H27N5O2. The Kier molecular flexibility index (Phi) is 5.85. The summed E-state index contributed by atoms with van der Waals surface area (Å²) in [4.78, 5) is 21.8. The number of nitrogens with zero attached hydrogens (tertiary/aromatic N) is 4. The number of hydrogen-bond acceptors (Lipinski definition) is 4. The number of benzene rings is 3. The van der Waals surface area contributed by atoms with Crippen molar-refractivity contribution in [2.45, 2.75) is 6.54 Å². The number of anilines is 2. The first-order valence-corrected chi connectivity index (χ1v) is 11.2. The van der Waals surface area contributed by atoms with Gasteiger partial charge in [-0.25, -0.2) is 9.78 Å². The van der Waals surface area contributed by atoms with E-state index >= 15 is 0 Å². The van der Waals surface area contributed by atoms with Gasteiger partial charge < -0.3 is 24.4 Å². The van der Waals surface area contributed by atoms with Crippen molar-refractivity contribution < 1.29 is 9.53 Å². The van der Waals surface area contributed by atoms with Crippen LogP contribution in [0.2, 0.25) is 0 Å². The second-order valence-corrected chi connectivity index (χ2v) is 8.11. The minimum Gasteiger partial charge on any atom is -0.497 e. The molecule has 4 aromatic rings. The maximum Gasteiger partial charge on any atom is 0.321 e. The zero-order chi connectivity index (χ0) is 22.6. The number of hydrogen-bond donors (Lipinski definition) is 1. The number of piperazine rings is 1. The quantitative estimate of drug-likeness (QED) is 0.497. The van der Waals surface area contributed by atoms with E-state index in [1.54, 1.807) is 7.11 Å². The summed E-state index contributed by atoms with van der Waals surface area (Å²) >= 11 is 0. The predicted molar refractivity (Wildman–Crippen MR) is 131 cm³/mol. The van der Waals surface area contributed by atoms with Crippen LogP contribution >= 0.6 is 0 Å². The van der Waals surface area contributed by atoms with E-state index < -0.39 is 0 Å². The third-order valence-corrected chi connectivity index (χ3v) is 6.01. The number of rotatable bonds is 5. The lowest BCUT2D eigenvalue weighted by molar-refractivity contribution is 0.208. The number of nitrogens with one attached hydrogen (secondary N) is 1. The van der Waals surface area contributed by atoms with Crippen molar-refractivity contribution in [3.8, 4) is 5.75 Å². The first kappa shape index (κ1) is 20.9. The molecule has 7 nitrogen and oxygen atoms in total. The molecule has 0 radical (unpaired) electrons. The molecule has 1 N–H and O–H groups in total. The highest BCUT2D eigenvalue weighted by molar-refractivity contribution is 5.89. The van der Waals surface area contributed by atoms with E-state index in [2.05, 4.69) is 57.2 Å². The van der Waals surface area contributed by atoms with E-state index in [1.807, 2.05) is 41.3 Å². The molecule has 1 aliphatic heterocycles. The Morgan fingerprint density at radius 3 is 2.33 bits per heavy atom. The Morgan fingerprint density at radius 2 is 1.61 bits per heavy atom. The van der Waals surface area contributed by atoms with Crippen LogP contribution in [0.1, 0.15) is 5.56 Å². The number of urea groups is 1. The molecule has 1 aromatic heterocycles. The average molecular weight is 442 g/mol. The highest BCUT2D eigenvalue weighted by Crippen LogP contribution is 2.25. The Bertz CT molecular complexity index is 1230. The Hall–Kier alpha value is -4.00. The fraction of sp³-hybridized carbons (Fsp3) is 0.231. The van der Waals surface area contributed by atoms with E-state index in [9.17, 15) is 4.79 Å². The third kappa shape index (κ3) is 4.48. The molecule has 5 rings (SSSR count). The minimum atomic E-state index is -0.0856. The zero-order valence-electron chi connectivity index (χ0n) is 18.6. The number of amides is 2. The number of aromatic nitrogens is 2. The normalized spacial score (nSPS) is 13.8. The molecule has 0 bridgehead atoms. The van der Waals surface area contributed by atoms with Crippen molar-refractivity contribution >= 4 is 28.7 Å². The molecule has 1 aliphatic rings. The van der Waals surface area contributed by atoms with Crippen LogP contribution < -0.4 is 15.0 Å². The monoisotopic (exact) mass is 441 g/mol. The Balaban J connectivity index is 1.30.